The van der Waals surface area contributed by atoms with Crippen molar-refractivity contribution in [1.29, 1.82) is 0 Å². The van der Waals surface area contributed by atoms with Gasteiger partial charge in [0.15, 0.2) is 3.95 Å². The first-order chi connectivity index (χ1) is 11.0. The van der Waals surface area contributed by atoms with E-state index in [9.17, 15) is 14.7 Å². The highest BCUT2D eigenvalue weighted by molar-refractivity contribution is 7.73. The number of thiazole rings is 1. The molecule has 1 aromatic heterocycles. The smallest absolute Gasteiger partial charge is 0.328 e. The Labute approximate surface area is 140 Å². The minimum atomic E-state index is -0.790. The Morgan fingerprint density at radius 3 is 2.83 bits per heavy atom. The van der Waals surface area contributed by atoms with Crippen molar-refractivity contribution in [2.75, 3.05) is 7.11 Å². The Morgan fingerprint density at radius 2 is 2.13 bits per heavy atom. The van der Waals surface area contributed by atoms with Gasteiger partial charge in [-0.15, -0.1) is 11.3 Å². The Hall–Kier alpha value is -2.32. The Morgan fingerprint density at radius 1 is 1.43 bits per heavy atom. The average Bonchev–Trinajstić information content (AvgIpc) is 3.01. The van der Waals surface area contributed by atoms with Gasteiger partial charge in [0, 0.05) is 5.22 Å². The first-order valence-corrected chi connectivity index (χ1v) is 7.93. The van der Waals surface area contributed by atoms with Crippen molar-refractivity contribution in [3.63, 3.8) is 0 Å². The van der Waals surface area contributed by atoms with Gasteiger partial charge in [-0.05, 0) is 25.2 Å². The molecule has 0 fully saturated rings. The maximum absolute atomic E-state index is 12.2. The van der Waals surface area contributed by atoms with E-state index in [1.54, 1.807) is 31.2 Å². The van der Waals surface area contributed by atoms with Crippen LogP contribution in [0.25, 0.3) is 5.57 Å². The fourth-order valence-corrected chi connectivity index (χ4v) is 3.94. The van der Waals surface area contributed by atoms with Crippen LogP contribution >= 0.6 is 23.6 Å². The first-order valence-electron chi connectivity index (χ1n) is 6.70. The summed E-state index contributed by atoms with van der Waals surface area (Å²) in [5.74, 6) is -1.20. The number of benzene rings is 1. The van der Waals surface area contributed by atoms with Crippen molar-refractivity contribution in [3.05, 3.63) is 43.7 Å². The van der Waals surface area contributed by atoms with Crippen molar-refractivity contribution in [3.8, 4) is 5.88 Å². The monoisotopic (exact) mass is 348 g/mol. The van der Waals surface area contributed by atoms with Gasteiger partial charge in [-0.2, -0.15) is 0 Å². The van der Waals surface area contributed by atoms with E-state index in [0.717, 1.165) is 11.3 Å². The van der Waals surface area contributed by atoms with Crippen molar-refractivity contribution < 1.29 is 19.4 Å². The second kappa shape index (κ2) is 5.71. The van der Waals surface area contributed by atoms with E-state index in [4.69, 9.17) is 12.2 Å². The molecule has 2 heterocycles. The lowest BCUT2D eigenvalue weighted by atomic mass is 10.1. The summed E-state index contributed by atoms with van der Waals surface area (Å²) in [4.78, 5) is 28.2. The summed E-state index contributed by atoms with van der Waals surface area (Å²) >= 11 is 6.30. The van der Waals surface area contributed by atoms with Crippen LogP contribution in [0.4, 0.5) is 0 Å². The molecule has 3 rings (SSSR count). The number of aromatic nitrogens is 1. The Bertz CT molecular complexity index is 1000. The van der Waals surface area contributed by atoms with E-state index in [1.807, 2.05) is 0 Å². The minimum Gasteiger partial charge on any atom is -0.493 e. The summed E-state index contributed by atoms with van der Waals surface area (Å²) < 4.78 is 6.24. The van der Waals surface area contributed by atoms with Crippen LogP contribution in [-0.4, -0.2) is 28.7 Å². The summed E-state index contributed by atoms with van der Waals surface area (Å²) in [5, 5.41) is 11.7. The molecule has 1 unspecified atom stereocenters. The van der Waals surface area contributed by atoms with Crippen LogP contribution in [0.15, 0.2) is 29.3 Å². The van der Waals surface area contributed by atoms with Gasteiger partial charge in [0.05, 0.1) is 18.0 Å². The summed E-state index contributed by atoms with van der Waals surface area (Å²) in [7, 11) is 1.26. The molecule has 0 saturated heterocycles. The summed E-state index contributed by atoms with van der Waals surface area (Å²) in [6, 6.07) is 6.27. The Balaban J connectivity index is 2.26. The minimum absolute atomic E-state index is 0.229. The van der Waals surface area contributed by atoms with Crippen LogP contribution in [0.2, 0.25) is 0 Å². The van der Waals surface area contributed by atoms with Crippen molar-refractivity contribution in [1.82, 2.24) is 4.57 Å². The first kappa shape index (κ1) is 15.6. The number of carbonyl (C=O) groups excluding carboxylic acids is 2. The number of fused-ring (bicyclic) bond motifs is 1. The van der Waals surface area contributed by atoms with Gasteiger partial charge in [0.2, 0.25) is 5.88 Å². The molecule has 2 aromatic rings. The van der Waals surface area contributed by atoms with Gasteiger partial charge in [-0.25, -0.2) is 9.79 Å². The molecule has 1 aromatic carbocycles. The van der Waals surface area contributed by atoms with Crippen LogP contribution < -0.4 is 10.6 Å². The van der Waals surface area contributed by atoms with Crippen molar-refractivity contribution in [2.24, 2.45) is 4.99 Å². The number of aromatic hydroxyl groups is 1. The molecule has 118 valence electrons. The predicted octanol–water partition coefficient (Wildman–Crippen LogP) is 1.08. The van der Waals surface area contributed by atoms with Gasteiger partial charge in [-0.3, -0.25) is 9.36 Å². The number of nitrogens with zero attached hydrogens (tertiary/aromatic N) is 2. The van der Waals surface area contributed by atoms with Crippen molar-refractivity contribution >= 4 is 41.0 Å². The summed E-state index contributed by atoms with van der Waals surface area (Å²) in [6.45, 7) is 1.57. The number of para-hydroxylation sites is 1. The number of esters is 1. The number of methoxy groups -OCH3 is 1. The molecule has 1 aliphatic rings. The molecule has 6 nitrogen and oxygen atoms in total. The molecule has 0 radical (unpaired) electrons. The highest BCUT2D eigenvalue weighted by atomic mass is 32.1. The van der Waals surface area contributed by atoms with Crippen LogP contribution in [0.1, 0.15) is 17.8 Å². The quantitative estimate of drug-likeness (QED) is 0.663. The third kappa shape index (κ3) is 2.40. The van der Waals surface area contributed by atoms with E-state index in [2.05, 4.69) is 9.73 Å². The van der Waals surface area contributed by atoms with Gasteiger partial charge in [0.1, 0.15) is 10.9 Å². The lowest BCUT2D eigenvalue weighted by molar-refractivity contribution is -0.144. The number of carbonyl (C=O) groups is 2. The normalized spacial score (nSPS) is 14.3. The topological polar surface area (TPSA) is 80.9 Å². The SMILES string of the molecule is COC(=O)C(C)n1c(O)c(C2=c3ccccc3=NC2=O)sc1=S. The highest BCUT2D eigenvalue weighted by Crippen LogP contribution is 2.35. The number of amides is 1. The molecule has 1 atom stereocenters. The molecule has 0 aliphatic carbocycles. The summed E-state index contributed by atoms with van der Waals surface area (Å²) in [5.41, 5.74) is 0.296. The lowest BCUT2D eigenvalue weighted by Gasteiger charge is -2.12. The van der Waals surface area contributed by atoms with Crippen LogP contribution in [-0.2, 0) is 14.3 Å². The fraction of sp³-hybridized carbons (Fsp3) is 0.200. The van der Waals surface area contributed by atoms with Crippen LogP contribution in [0, 0.1) is 3.95 Å². The molecule has 0 spiro atoms. The molecule has 1 amide bonds. The van der Waals surface area contributed by atoms with Crippen LogP contribution in [0.5, 0.6) is 5.88 Å². The molecular formula is C15H12N2O4S2. The van der Waals surface area contributed by atoms with Gasteiger partial charge in [-0.1, -0.05) is 18.2 Å². The van der Waals surface area contributed by atoms with E-state index in [1.165, 1.54) is 11.7 Å². The van der Waals surface area contributed by atoms with E-state index >= 15 is 0 Å². The zero-order chi connectivity index (χ0) is 16.7. The molecular weight excluding hydrogens is 336 g/mol. The van der Waals surface area contributed by atoms with Crippen LogP contribution in [0.3, 0.4) is 0 Å². The maximum Gasteiger partial charge on any atom is 0.328 e. The zero-order valence-electron chi connectivity index (χ0n) is 12.3. The van der Waals surface area contributed by atoms with E-state index in [-0.39, 0.29) is 9.83 Å². The number of rotatable bonds is 3. The number of hydrogen-bond donors (Lipinski definition) is 1. The van der Waals surface area contributed by atoms with E-state index < -0.39 is 17.9 Å². The summed E-state index contributed by atoms with van der Waals surface area (Å²) in [6.07, 6.45) is 0. The number of hydrogen-bond acceptors (Lipinski definition) is 6. The van der Waals surface area contributed by atoms with Gasteiger partial charge < -0.3 is 9.84 Å². The molecule has 0 bridgehead atoms. The number of ether oxygens (including phenoxy) is 1. The largest absolute Gasteiger partial charge is 0.493 e. The zero-order valence-corrected chi connectivity index (χ0v) is 13.9. The second-order valence-electron chi connectivity index (χ2n) is 4.90. The molecule has 0 saturated carbocycles. The predicted molar refractivity (Wildman–Crippen MR) is 86.3 cm³/mol. The van der Waals surface area contributed by atoms with Crippen molar-refractivity contribution in [2.45, 2.75) is 13.0 Å². The Kier molecular flexibility index (Phi) is 3.87. The highest BCUT2D eigenvalue weighted by Gasteiger charge is 2.28. The van der Waals surface area contributed by atoms with E-state index in [0.29, 0.717) is 21.0 Å². The average molecular weight is 348 g/mol. The third-order valence-electron chi connectivity index (χ3n) is 3.58. The molecule has 8 heteroatoms. The second-order valence-corrected chi connectivity index (χ2v) is 6.54. The van der Waals surface area contributed by atoms with Gasteiger partial charge >= 0.3 is 5.97 Å². The third-order valence-corrected chi connectivity index (χ3v) is 4.99. The lowest BCUT2D eigenvalue weighted by Crippen LogP contribution is -2.22. The van der Waals surface area contributed by atoms with Gasteiger partial charge in [0.25, 0.3) is 5.91 Å². The fourth-order valence-electron chi connectivity index (χ4n) is 2.44. The molecule has 1 aliphatic heterocycles. The standard InChI is InChI=1S/C15H12N2O4S2/c1-7(14(20)21-2)17-13(19)11(23-15(17)22)10-8-5-3-4-6-9(8)16-12(10)18/h3-7,19H,1-2H3. The maximum atomic E-state index is 12.2. The molecule has 23 heavy (non-hydrogen) atoms. The molecule has 1 N–H and O–H groups in total.